The number of carbonyl (C=O) groups excluding carboxylic acids is 2. The number of methoxy groups -OCH3 is 1. The number of aryl methyl sites for hydroxylation is 1. The molecule has 170 valence electrons. The number of hydrogen-bond donors (Lipinski definition) is 1. The van der Waals surface area contributed by atoms with Gasteiger partial charge in [0.05, 0.1) is 23.8 Å². The monoisotopic (exact) mass is 451 g/mol. The summed E-state index contributed by atoms with van der Waals surface area (Å²) in [5, 5.41) is 19.0. The van der Waals surface area contributed by atoms with Gasteiger partial charge >= 0.3 is 11.7 Å². The quantitative estimate of drug-likeness (QED) is 0.183. The van der Waals surface area contributed by atoms with E-state index in [1.165, 1.54) is 31.9 Å². The number of nitro groups is 1. The Morgan fingerprint density at radius 1 is 1.18 bits per heavy atom. The molecular weight excluding hydrogens is 430 g/mol. The number of nitrogens with one attached hydrogen (secondary N) is 1. The summed E-state index contributed by atoms with van der Waals surface area (Å²) in [7, 11) is 1.51. The SMILES string of the molecule is COc1cccc(C(=O)Oc2cccc(/C=N/NC(=O)Cn3nc(C)c([N+](=O)[O-])c3C)c2)c1. The summed E-state index contributed by atoms with van der Waals surface area (Å²) in [5.41, 5.74) is 3.65. The predicted molar refractivity (Wildman–Crippen MR) is 118 cm³/mol. The number of esters is 1. The van der Waals surface area contributed by atoms with Gasteiger partial charge in [0.1, 0.15) is 29.4 Å². The lowest BCUT2D eigenvalue weighted by atomic mass is 10.2. The molecule has 3 aromatic rings. The third-order valence-corrected chi connectivity index (χ3v) is 4.60. The second-order valence-electron chi connectivity index (χ2n) is 6.92. The minimum Gasteiger partial charge on any atom is -0.497 e. The summed E-state index contributed by atoms with van der Waals surface area (Å²) < 4.78 is 11.7. The van der Waals surface area contributed by atoms with Gasteiger partial charge in [0, 0.05) is 0 Å². The van der Waals surface area contributed by atoms with E-state index in [1.807, 2.05) is 0 Å². The molecule has 0 radical (unpaired) electrons. The Kier molecular flexibility index (Phi) is 7.13. The van der Waals surface area contributed by atoms with Crippen molar-refractivity contribution < 1.29 is 24.0 Å². The van der Waals surface area contributed by atoms with Crippen LogP contribution in [0, 0.1) is 24.0 Å². The van der Waals surface area contributed by atoms with E-state index in [2.05, 4.69) is 15.6 Å². The Balaban J connectivity index is 1.60. The van der Waals surface area contributed by atoms with Gasteiger partial charge in [0.25, 0.3) is 5.91 Å². The van der Waals surface area contributed by atoms with Crippen molar-refractivity contribution in [2.24, 2.45) is 5.10 Å². The molecule has 0 aliphatic rings. The number of aromatic nitrogens is 2. The van der Waals surface area contributed by atoms with Crippen LogP contribution in [0.2, 0.25) is 0 Å². The fourth-order valence-corrected chi connectivity index (χ4v) is 3.03. The lowest BCUT2D eigenvalue weighted by Gasteiger charge is -2.06. The third kappa shape index (κ3) is 5.79. The van der Waals surface area contributed by atoms with Gasteiger partial charge < -0.3 is 9.47 Å². The Bertz CT molecular complexity index is 1230. The molecule has 0 saturated carbocycles. The normalized spacial score (nSPS) is 10.8. The number of hydrazone groups is 1. The second kappa shape index (κ2) is 10.2. The molecule has 3 rings (SSSR count). The Hall–Kier alpha value is -4.54. The first-order valence-corrected chi connectivity index (χ1v) is 9.75. The van der Waals surface area contributed by atoms with Gasteiger partial charge in [-0.3, -0.25) is 19.6 Å². The standard InChI is InChI=1S/C22H21N5O6/c1-14-21(27(30)31)15(2)26(25-14)13-20(28)24-23-12-16-6-4-9-19(10-16)33-22(29)17-7-5-8-18(11-17)32-3/h4-12H,13H2,1-3H3,(H,24,28)/b23-12+. The topological polar surface area (TPSA) is 138 Å². The smallest absolute Gasteiger partial charge is 0.343 e. The first-order chi connectivity index (χ1) is 15.8. The summed E-state index contributed by atoms with van der Waals surface area (Å²) in [6, 6.07) is 13.2. The van der Waals surface area contributed by atoms with Crippen molar-refractivity contribution in [2.75, 3.05) is 7.11 Å². The highest BCUT2D eigenvalue weighted by Crippen LogP contribution is 2.21. The van der Waals surface area contributed by atoms with Crippen LogP contribution in [0.1, 0.15) is 27.3 Å². The molecule has 1 aromatic heterocycles. The average Bonchev–Trinajstić information content (AvgIpc) is 3.06. The number of nitrogens with zero attached hydrogens (tertiary/aromatic N) is 4. The van der Waals surface area contributed by atoms with Gasteiger partial charge in [0.2, 0.25) is 0 Å². The van der Waals surface area contributed by atoms with E-state index in [-0.39, 0.29) is 23.6 Å². The average molecular weight is 451 g/mol. The molecule has 1 heterocycles. The van der Waals surface area contributed by atoms with Gasteiger partial charge in [-0.2, -0.15) is 10.2 Å². The van der Waals surface area contributed by atoms with E-state index in [1.54, 1.807) is 48.5 Å². The summed E-state index contributed by atoms with van der Waals surface area (Å²) in [4.78, 5) is 35.0. The van der Waals surface area contributed by atoms with Crippen molar-refractivity contribution >= 4 is 23.8 Å². The van der Waals surface area contributed by atoms with Gasteiger partial charge in [-0.25, -0.2) is 10.2 Å². The lowest BCUT2D eigenvalue weighted by Crippen LogP contribution is -2.24. The summed E-state index contributed by atoms with van der Waals surface area (Å²) in [5.74, 6) is -0.216. The Morgan fingerprint density at radius 2 is 1.91 bits per heavy atom. The zero-order chi connectivity index (χ0) is 24.0. The van der Waals surface area contributed by atoms with Crippen molar-refractivity contribution in [2.45, 2.75) is 20.4 Å². The van der Waals surface area contributed by atoms with Crippen LogP contribution in [0.4, 0.5) is 5.69 Å². The molecule has 1 N–H and O–H groups in total. The zero-order valence-corrected chi connectivity index (χ0v) is 18.1. The van der Waals surface area contributed by atoms with Crippen LogP contribution in [0.15, 0.2) is 53.6 Å². The maximum atomic E-state index is 12.3. The van der Waals surface area contributed by atoms with Crippen LogP contribution < -0.4 is 14.9 Å². The van der Waals surface area contributed by atoms with Crippen LogP contribution in [-0.4, -0.2) is 39.9 Å². The van der Waals surface area contributed by atoms with Crippen molar-refractivity contribution in [3.63, 3.8) is 0 Å². The molecule has 0 aliphatic carbocycles. The summed E-state index contributed by atoms with van der Waals surface area (Å²) in [6.07, 6.45) is 1.38. The zero-order valence-electron chi connectivity index (χ0n) is 18.1. The molecule has 0 aliphatic heterocycles. The molecule has 0 spiro atoms. The van der Waals surface area contributed by atoms with Crippen LogP contribution in [0.25, 0.3) is 0 Å². The van der Waals surface area contributed by atoms with E-state index in [9.17, 15) is 19.7 Å². The molecule has 0 fully saturated rings. The molecule has 0 bridgehead atoms. The van der Waals surface area contributed by atoms with Crippen molar-refractivity contribution in [1.82, 2.24) is 15.2 Å². The molecule has 11 nitrogen and oxygen atoms in total. The number of carbonyl (C=O) groups is 2. The third-order valence-electron chi connectivity index (χ3n) is 4.60. The van der Waals surface area contributed by atoms with Gasteiger partial charge in [-0.15, -0.1) is 0 Å². The molecule has 2 aromatic carbocycles. The number of rotatable bonds is 8. The van der Waals surface area contributed by atoms with Crippen molar-refractivity contribution in [1.29, 1.82) is 0 Å². The number of benzene rings is 2. The van der Waals surface area contributed by atoms with Crippen LogP contribution in [-0.2, 0) is 11.3 Å². The van der Waals surface area contributed by atoms with Crippen LogP contribution >= 0.6 is 0 Å². The Morgan fingerprint density at radius 3 is 2.61 bits per heavy atom. The summed E-state index contributed by atoms with van der Waals surface area (Å²) >= 11 is 0. The Labute approximate surface area is 188 Å². The first kappa shape index (κ1) is 23.1. The fourth-order valence-electron chi connectivity index (χ4n) is 3.03. The van der Waals surface area contributed by atoms with E-state index < -0.39 is 16.8 Å². The predicted octanol–water partition coefficient (Wildman–Crippen LogP) is 2.79. The van der Waals surface area contributed by atoms with Gasteiger partial charge in [-0.1, -0.05) is 18.2 Å². The van der Waals surface area contributed by atoms with Crippen LogP contribution in [0.3, 0.4) is 0 Å². The molecule has 0 saturated heterocycles. The molecule has 1 amide bonds. The number of hydrogen-bond acceptors (Lipinski definition) is 8. The first-order valence-electron chi connectivity index (χ1n) is 9.75. The van der Waals surface area contributed by atoms with Crippen molar-refractivity contribution in [3.8, 4) is 11.5 Å². The van der Waals surface area contributed by atoms with E-state index in [0.717, 1.165) is 0 Å². The van der Waals surface area contributed by atoms with Gasteiger partial charge in [0.15, 0.2) is 0 Å². The molecule has 0 unspecified atom stereocenters. The number of amides is 1. The van der Waals surface area contributed by atoms with Crippen LogP contribution in [0.5, 0.6) is 11.5 Å². The molecule has 33 heavy (non-hydrogen) atoms. The van der Waals surface area contributed by atoms with Crippen molar-refractivity contribution in [3.05, 3.63) is 81.2 Å². The highest BCUT2D eigenvalue weighted by molar-refractivity contribution is 5.91. The van der Waals surface area contributed by atoms with E-state index in [0.29, 0.717) is 22.6 Å². The lowest BCUT2D eigenvalue weighted by molar-refractivity contribution is -0.386. The van der Waals surface area contributed by atoms with E-state index in [4.69, 9.17) is 9.47 Å². The maximum absolute atomic E-state index is 12.3. The maximum Gasteiger partial charge on any atom is 0.343 e. The fraction of sp³-hybridized carbons (Fsp3) is 0.182. The van der Waals surface area contributed by atoms with E-state index >= 15 is 0 Å². The molecule has 0 atom stereocenters. The summed E-state index contributed by atoms with van der Waals surface area (Å²) in [6.45, 7) is 2.80. The minimum atomic E-state index is -0.546. The molecule has 11 heteroatoms. The van der Waals surface area contributed by atoms with Gasteiger partial charge in [-0.05, 0) is 49.7 Å². The highest BCUT2D eigenvalue weighted by Gasteiger charge is 2.22. The minimum absolute atomic E-state index is 0.119. The second-order valence-corrected chi connectivity index (χ2v) is 6.92. The number of ether oxygens (including phenoxy) is 2. The highest BCUT2D eigenvalue weighted by atomic mass is 16.6. The largest absolute Gasteiger partial charge is 0.497 e. The molecular formula is C22H21N5O6.